The molecule has 130 valence electrons. The fraction of sp³-hybridized carbons (Fsp3) is 0.176. The topological polar surface area (TPSA) is 52.0 Å². The van der Waals surface area contributed by atoms with Crippen molar-refractivity contribution in [1.82, 2.24) is 14.8 Å². The Labute approximate surface area is 142 Å². The van der Waals surface area contributed by atoms with E-state index in [0.717, 1.165) is 11.1 Å². The maximum absolute atomic E-state index is 12.2. The van der Waals surface area contributed by atoms with E-state index < -0.39 is 6.36 Å². The number of rotatable bonds is 4. The van der Waals surface area contributed by atoms with Crippen LogP contribution in [0.5, 0.6) is 5.75 Å². The number of hydrogen-bond acceptors (Lipinski definition) is 4. The van der Waals surface area contributed by atoms with Crippen molar-refractivity contribution in [1.29, 1.82) is 0 Å². The third-order valence-corrected chi connectivity index (χ3v) is 3.46. The van der Waals surface area contributed by atoms with Gasteiger partial charge in [0.15, 0.2) is 5.82 Å². The lowest BCUT2D eigenvalue weighted by atomic mass is 10.1. The molecule has 0 spiro atoms. The van der Waals surface area contributed by atoms with Gasteiger partial charge in [-0.25, -0.2) is 0 Å². The van der Waals surface area contributed by atoms with Gasteiger partial charge in [0.2, 0.25) is 5.95 Å². The molecule has 0 saturated carbocycles. The molecule has 5 nitrogen and oxygen atoms in total. The van der Waals surface area contributed by atoms with Gasteiger partial charge in [-0.05, 0) is 31.2 Å². The molecular weight excluding hydrogens is 333 g/mol. The lowest BCUT2D eigenvalue weighted by Gasteiger charge is -2.10. The highest BCUT2D eigenvalue weighted by Crippen LogP contribution is 2.25. The van der Waals surface area contributed by atoms with E-state index in [0.29, 0.717) is 17.5 Å². The van der Waals surface area contributed by atoms with Crippen LogP contribution in [-0.2, 0) is 0 Å². The van der Waals surface area contributed by atoms with Gasteiger partial charge in [-0.15, -0.1) is 18.3 Å². The van der Waals surface area contributed by atoms with Crippen LogP contribution in [0.4, 0.5) is 19.1 Å². The Morgan fingerprint density at radius 3 is 2.20 bits per heavy atom. The quantitative estimate of drug-likeness (QED) is 0.768. The molecule has 0 aliphatic heterocycles. The highest BCUT2D eigenvalue weighted by Gasteiger charge is 2.31. The molecule has 0 radical (unpaired) electrons. The van der Waals surface area contributed by atoms with Crippen LogP contribution in [0.1, 0.15) is 5.56 Å². The summed E-state index contributed by atoms with van der Waals surface area (Å²) in [5.74, 6) is 0.696. The second-order valence-corrected chi connectivity index (χ2v) is 5.33. The Hall–Kier alpha value is -3.03. The number of ether oxygens (including phenoxy) is 1. The fourth-order valence-corrected chi connectivity index (χ4v) is 2.27. The van der Waals surface area contributed by atoms with Crippen LogP contribution in [0.2, 0.25) is 0 Å². The molecule has 0 aliphatic rings. The predicted molar refractivity (Wildman–Crippen MR) is 87.8 cm³/mol. The third-order valence-electron chi connectivity index (χ3n) is 3.46. The minimum absolute atomic E-state index is 0.291. The van der Waals surface area contributed by atoms with Gasteiger partial charge in [-0.1, -0.05) is 29.8 Å². The Balaban J connectivity index is 1.93. The first-order valence-electron chi connectivity index (χ1n) is 7.44. The molecule has 8 heteroatoms. The molecule has 1 aromatic heterocycles. The Morgan fingerprint density at radius 1 is 1.00 bits per heavy atom. The molecule has 2 aromatic carbocycles. The summed E-state index contributed by atoms with van der Waals surface area (Å²) in [5, 5.41) is 7.36. The van der Waals surface area contributed by atoms with E-state index in [4.69, 9.17) is 0 Å². The van der Waals surface area contributed by atoms with Crippen LogP contribution in [0.15, 0.2) is 48.5 Å². The zero-order chi connectivity index (χ0) is 18.0. The molecule has 0 fully saturated rings. The Bertz CT molecular complexity index is 855. The maximum Gasteiger partial charge on any atom is 0.573 e. The SMILES string of the molecule is CNc1nc(-c2ccc(C)cc2)nn1-c1ccc(OC(F)(F)F)cc1. The molecule has 3 aromatic rings. The molecule has 0 bridgehead atoms. The predicted octanol–water partition coefficient (Wildman–Crippen LogP) is 4.18. The van der Waals surface area contributed by atoms with E-state index in [1.165, 1.54) is 28.9 Å². The number of nitrogens with one attached hydrogen (secondary N) is 1. The average Bonchev–Trinajstić information content (AvgIpc) is 2.99. The van der Waals surface area contributed by atoms with Crippen molar-refractivity contribution in [2.45, 2.75) is 13.3 Å². The monoisotopic (exact) mass is 348 g/mol. The van der Waals surface area contributed by atoms with Gasteiger partial charge in [-0.2, -0.15) is 9.67 Å². The number of benzene rings is 2. The number of aromatic nitrogens is 3. The summed E-state index contributed by atoms with van der Waals surface area (Å²) in [4.78, 5) is 4.42. The summed E-state index contributed by atoms with van der Waals surface area (Å²) >= 11 is 0. The molecule has 0 aliphatic carbocycles. The van der Waals surface area contributed by atoms with Crippen molar-refractivity contribution >= 4 is 5.95 Å². The van der Waals surface area contributed by atoms with Gasteiger partial charge in [0.05, 0.1) is 5.69 Å². The van der Waals surface area contributed by atoms with Crippen LogP contribution in [0, 0.1) is 6.92 Å². The van der Waals surface area contributed by atoms with Crippen molar-refractivity contribution in [3.63, 3.8) is 0 Å². The first-order valence-corrected chi connectivity index (χ1v) is 7.44. The van der Waals surface area contributed by atoms with Crippen LogP contribution in [-0.4, -0.2) is 28.2 Å². The Morgan fingerprint density at radius 2 is 1.64 bits per heavy atom. The smallest absolute Gasteiger partial charge is 0.406 e. The third kappa shape index (κ3) is 3.90. The number of aryl methyl sites for hydroxylation is 1. The standard InChI is InChI=1S/C17H15F3N4O/c1-11-3-5-12(6-4-11)15-22-16(21-2)24(23-15)13-7-9-14(10-8-13)25-17(18,19)20/h3-10H,1-2H3,(H,21,22,23). The van der Waals surface area contributed by atoms with Gasteiger partial charge >= 0.3 is 6.36 Å². The average molecular weight is 348 g/mol. The highest BCUT2D eigenvalue weighted by atomic mass is 19.4. The molecule has 0 saturated heterocycles. The van der Waals surface area contributed by atoms with Gasteiger partial charge in [0, 0.05) is 12.6 Å². The van der Waals surface area contributed by atoms with Crippen molar-refractivity contribution in [3.05, 3.63) is 54.1 Å². The van der Waals surface area contributed by atoms with Gasteiger partial charge in [0.1, 0.15) is 5.75 Å². The lowest BCUT2D eigenvalue weighted by molar-refractivity contribution is -0.274. The van der Waals surface area contributed by atoms with Crippen molar-refractivity contribution in [2.75, 3.05) is 12.4 Å². The first kappa shape index (κ1) is 16.8. The fourth-order valence-electron chi connectivity index (χ4n) is 2.27. The van der Waals surface area contributed by atoms with Crippen LogP contribution in [0.25, 0.3) is 17.1 Å². The number of nitrogens with zero attached hydrogens (tertiary/aromatic N) is 3. The zero-order valence-corrected chi connectivity index (χ0v) is 13.5. The first-order chi connectivity index (χ1) is 11.9. The van der Waals surface area contributed by atoms with Crippen LogP contribution in [0.3, 0.4) is 0 Å². The molecule has 0 atom stereocenters. The van der Waals surface area contributed by atoms with Crippen molar-refractivity contribution in [3.8, 4) is 22.8 Å². The van der Waals surface area contributed by atoms with Crippen LogP contribution < -0.4 is 10.1 Å². The van der Waals surface area contributed by atoms with E-state index in [1.807, 2.05) is 31.2 Å². The summed E-state index contributed by atoms with van der Waals surface area (Å²) in [6.07, 6.45) is -4.72. The number of halogens is 3. The molecule has 0 amide bonds. The second-order valence-electron chi connectivity index (χ2n) is 5.33. The summed E-state index contributed by atoms with van der Waals surface area (Å²) in [6.45, 7) is 1.99. The van der Waals surface area contributed by atoms with E-state index in [2.05, 4.69) is 20.1 Å². The van der Waals surface area contributed by atoms with E-state index >= 15 is 0 Å². The molecule has 0 unspecified atom stereocenters. The minimum Gasteiger partial charge on any atom is -0.406 e. The Kier molecular flexibility index (Phi) is 4.35. The molecule has 1 N–H and O–H groups in total. The number of anilines is 1. The van der Waals surface area contributed by atoms with Gasteiger partial charge in [0.25, 0.3) is 0 Å². The zero-order valence-electron chi connectivity index (χ0n) is 13.5. The number of alkyl halides is 3. The summed E-state index contributed by atoms with van der Waals surface area (Å²) in [5.41, 5.74) is 2.53. The van der Waals surface area contributed by atoms with E-state index in [9.17, 15) is 13.2 Å². The molecule has 25 heavy (non-hydrogen) atoms. The summed E-state index contributed by atoms with van der Waals surface area (Å²) in [6, 6.07) is 13.2. The van der Waals surface area contributed by atoms with E-state index in [-0.39, 0.29) is 5.75 Å². The van der Waals surface area contributed by atoms with Crippen molar-refractivity contribution in [2.24, 2.45) is 0 Å². The minimum atomic E-state index is -4.72. The highest BCUT2D eigenvalue weighted by molar-refractivity contribution is 5.58. The van der Waals surface area contributed by atoms with E-state index in [1.54, 1.807) is 7.05 Å². The largest absolute Gasteiger partial charge is 0.573 e. The summed E-state index contributed by atoms with van der Waals surface area (Å²) in [7, 11) is 1.70. The lowest BCUT2D eigenvalue weighted by Crippen LogP contribution is -2.17. The maximum atomic E-state index is 12.2. The summed E-state index contributed by atoms with van der Waals surface area (Å²) < 4.78 is 42.1. The molecular formula is C17H15F3N4O. The normalized spacial score (nSPS) is 11.4. The molecule has 1 heterocycles. The van der Waals surface area contributed by atoms with Gasteiger partial charge < -0.3 is 10.1 Å². The van der Waals surface area contributed by atoms with Crippen molar-refractivity contribution < 1.29 is 17.9 Å². The van der Waals surface area contributed by atoms with Gasteiger partial charge in [-0.3, -0.25) is 0 Å². The van der Waals surface area contributed by atoms with Crippen LogP contribution >= 0.6 is 0 Å². The number of hydrogen-bond donors (Lipinski definition) is 1. The molecule has 3 rings (SSSR count). The second kappa shape index (κ2) is 6.46.